The molecular formula is C12H13NO3S. The van der Waals surface area contributed by atoms with Gasteiger partial charge in [-0.1, -0.05) is 6.07 Å². The lowest BCUT2D eigenvalue weighted by Gasteiger charge is -2.00. The van der Waals surface area contributed by atoms with Crippen LogP contribution in [0.4, 0.5) is 0 Å². The van der Waals surface area contributed by atoms with Gasteiger partial charge in [-0.25, -0.2) is 4.79 Å². The normalized spacial score (nSPS) is 10.6. The number of rotatable bonds is 6. The fourth-order valence-corrected chi connectivity index (χ4v) is 2.17. The summed E-state index contributed by atoms with van der Waals surface area (Å²) in [6.07, 6.45) is 2.24. The van der Waals surface area contributed by atoms with Crippen molar-refractivity contribution in [3.63, 3.8) is 0 Å². The predicted octanol–water partition coefficient (Wildman–Crippen LogP) is 2.37. The molecule has 0 spiro atoms. The summed E-state index contributed by atoms with van der Waals surface area (Å²) in [6, 6.07) is 5.67. The van der Waals surface area contributed by atoms with Crippen LogP contribution in [0.15, 0.2) is 34.3 Å². The van der Waals surface area contributed by atoms with Gasteiger partial charge in [0.25, 0.3) is 0 Å². The lowest BCUT2D eigenvalue weighted by Crippen LogP contribution is -2.15. The molecule has 0 aliphatic heterocycles. The highest BCUT2D eigenvalue weighted by molar-refractivity contribution is 7.09. The number of carboxylic acids is 1. The van der Waals surface area contributed by atoms with Crippen LogP contribution in [0, 0.1) is 0 Å². The highest BCUT2D eigenvalue weighted by Crippen LogP contribution is 2.09. The van der Waals surface area contributed by atoms with Crippen LogP contribution < -0.4 is 5.32 Å². The zero-order valence-corrected chi connectivity index (χ0v) is 10.00. The predicted molar refractivity (Wildman–Crippen MR) is 65.4 cm³/mol. The monoisotopic (exact) mass is 251 g/mol. The Bertz CT molecular complexity index is 476. The maximum absolute atomic E-state index is 10.6. The zero-order chi connectivity index (χ0) is 12.1. The van der Waals surface area contributed by atoms with Crippen LogP contribution in [0.1, 0.15) is 21.0 Å². The Morgan fingerprint density at radius 3 is 3.06 bits per heavy atom. The van der Waals surface area contributed by atoms with Gasteiger partial charge in [0.2, 0.25) is 0 Å². The van der Waals surface area contributed by atoms with Crippen molar-refractivity contribution in [1.82, 2.24) is 5.32 Å². The fourth-order valence-electron chi connectivity index (χ4n) is 1.46. The van der Waals surface area contributed by atoms with Crippen LogP contribution in [0.2, 0.25) is 0 Å². The summed E-state index contributed by atoms with van der Waals surface area (Å²) < 4.78 is 5.12. The molecule has 0 amide bonds. The molecule has 0 saturated heterocycles. The maximum atomic E-state index is 10.6. The van der Waals surface area contributed by atoms with Gasteiger partial charge in [0, 0.05) is 11.4 Å². The average Bonchev–Trinajstić information content (AvgIpc) is 2.96. The van der Waals surface area contributed by atoms with E-state index in [1.807, 2.05) is 6.07 Å². The molecule has 2 aromatic heterocycles. The fraction of sp³-hybridized carbons (Fsp3) is 0.250. The van der Waals surface area contributed by atoms with E-state index in [1.165, 1.54) is 11.1 Å². The van der Waals surface area contributed by atoms with Crippen LogP contribution in [0.25, 0.3) is 0 Å². The summed E-state index contributed by atoms with van der Waals surface area (Å²) in [5.41, 5.74) is 0.194. The van der Waals surface area contributed by atoms with E-state index in [9.17, 15) is 4.79 Å². The molecule has 5 heteroatoms. The molecular weight excluding hydrogens is 238 g/mol. The van der Waals surface area contributed by atoms with E-state index < -0.39 is 5.97 Å². The number of carboxylic acid groups (broad SMARTS) is 1. The van der Waals surface area contributed by atoms with Gasteiger partial charge < -0.3 is 14.8 Å². The molecule has 2 heterocycles. The highest BCUT2D eigenvalue weighted by Gasteiger charge is 2.07. The summed E-state index contributed by atoms with van der Waals surface area (Å²) in [4.78, 5) is 12.0. The Morgan fingerprint density at radius 1 is 1.53 bits per heavy atom. The molecule has 90 valence electrons. The number of aromatic carboxylic acids is 1. The number of hydrogen-bond donors (Lipinski definition) is 2. The summed E-state index contributed by atoms with van der Waals surface area (Å²) in [6.45, 7) is 1.41. The van der Waals surface area contributed by atoms with Gasteiger partial charge in [0.1, 0.15) is 12.0 Å². The Hall–Kier alpha value is -1.59. The average molecular weight is 251 g/mol. The molecule has 0 unspecified atom stereocenters. The molecule has 0 aliphatic rings. The SMILES string of the molecule is O=C(O)c1coc(CNCCc2cccs2)c1. The second kappa shape index (κ2) is 5.65. The van der Waals surface area contributed by atoms with Crippen LogP contribution in [0.3, 0.4) is 0 Å². The summed E-state index contributed by atoms with van der Waals surface area (Å²) in [5.74, 6) is -0.313. The van der Waals surface area contributed by atoms with Gasteiger partial charge >= 0.3 is 5.97 Å². The van der Waals surface area contributed by atoms with Crippen molar-refractivity contribution in [1.29, 1.82) is 0 Å². The van der Waals surface area contributed by atoms with E-state index in [2.05, 4.69) is 16.8 Å². The number of nitrogens with one attached hydrogen (secondary N) is 1. The molecule has 0 radical (unpaired) electrons. The van der Waals surface area contributed by atoms with Gasteiger partial charge in [-0.15, -0.1) is 11.3 Å². The van der Waals surface area contributed by atoms with E-state index in [1.54, 1.807) is 17.4 Å². The first-order valence-electron chi connectivity index (χ1n) is 5.29. The van der Waals surface area contributed by atoms with Gasteiger partial charge in [-0.05, 0) is 23.9 Å². The molecule has 0 aromatic carbocycles. The standard InChI is InChI=1S/C12H13NO3S/c14-12(15)9-6-10(16-8-9)7-13-4-3-11-2-1-5-17-11/h1-2,5-6,8,13H,3-4,7H2,(H,14,15). The lowest BCUT2D eigenvalue weighted by atomic mass is 10.3. The van der Waals surface area contributed by atoms with Crippen LogP contribution in [-0.4, -0.2) is 17.6 Å². The molecule has 0 aliphatic carbocycles. The van der Waals surface area contributed by atoms with Crippen LogP contribution in [0.5, 0.6) is 0 Å². The minimum Gasteiger partial charge on any atom is -0.478 e. The van der Waals surface area contributed by atoms with Gasteiger partial charge in [-0.2, -0.15) is 0 Å². The van der Waals surface area contributed by atoms with E-state index in [0.717, 1.165) is 13.0 Å². The Kier molecular flexibility index (Phi) is 3.95. The molecule has 0 atom stereocenters. The topological polar surface area (TPSA) is 62.5 Å². The number of thiophene rings is 1. The molecule has 0 saturated carbocycles. The molecule has 0 bridgehead atoms. The lowest BCUT2D eigenvalue weighted by molar-refractivity contribution is 0.0696. The maximum Gasteiger partial charge on any atom is 0.338 e. The van der Waals surface area contributed by atoms with Gasteiger partial charge in [0.05, 0.1) is 12.1 Å². The first kappa shape index (κ1) is 11.9. The third-order valence-corrected chi connectivity index (χ3v) is 3.26. The summed E-state index contributed by atoms with van der Waals surface area (Å²) in [5, 5.41) is 14.0. The first-order chi connectivity index (χ1) is 8.25. The summed E-state index contributed by atoms with van der Waals surface area (Å²) >= 11 is 1.74. The Labute approximate surface area is 103 Å². The second-order valence-corrected chi connectivity index (χ2v) is 4.65. The van der Waals surface area contributed by atoms with Crippen molar-refractivity contribution in [2.75, 3.05) is 6.54 Å². The summed E-state index contributed by atoms with van der Waals surface area (Å²) in [7, 11) is 0. The molecule has 2 N–H and O–H groups in total. The van der Waals surface area contributed by atoms with Crippen molar-refractivity contribution >= 4 is 17.3 Å². The smallest absolute Gasteiger partial charge is 0.338 e. The number of carbonyl (C=O) groups is 1. The number of hydrogen-bond acceptors (Lipinski definition) is 4. The molecule has 2 aromatic rings. The van der Waals surface area contributed by atoms with Crippen molar-refractivity contribution in [3.05, 3.63) is 46.0 Å². The molecule has 2 rings (SSSR count). The second-order valence-electron chi connectivity index (χ2n) is 3.61. The third kappa shape index (κ3) is 3.44. The minimum absolute atomic E-state index is 0.194. The van der Waals surface area contributed by atoms with Crippen molar-refractivity contribution in [2.45, 2.75) is 13.0 Å². The van der Waals surface area contributed by atoms with Crippen molar-refractivity contribution in [3.8, 4) is 0 Å². The molecule has 4 nitrogen and oxygen atoms in total. The van der Waals surface area contributed by atoms with Crippen LogP contribution >= 0.6 is 11.3 Å². The van der Waals surface area contributed by atoms with Gasteiger partial charge in [0.15, 0.2) is 0 Å². The largest absolute Gasteiger partial charge is 0.478 e. The van der Waals surface area contributed by atoms with E-state index in [0.29, 0.717) is 12.3 Å². The Balaban J connectivity index is 1.72. The minimum atomic E-state index is -0.960. The molecule has 0 fully saturated rings. The molecule has 17 heavy (non-hydrogen) atoms. The Morgan fingerprint density at radius 2 is 2.41 bits per heavy atom. The zero-order valence-electron chi connectivity index (χ0n) is 9.18. The van der Waals surface area contributed by atoms with Crippen molar-refractivity contribution < 1.29 is 14.3 Å². The number of furan rings is 1. The first-order valence-corrected chi connectivity index (χ1v) is 6.17. The highest BCUT2D eigenvalue weighted by atomic mass is 32.1. The van der Waals surface area contributed by atoms with Gasteiger partial charge in [-0.3, -0.25) is 0 Å². The quantitative estimate of drug-likeness (QED) is 0.774. The van der Waals surface area contributed by atoms with Crippen molar-refractivity contribution in [2.24, 2.45) is 0 Å². The van der Waals surface area contributed by atoms with E-state index >= 15 is 0 Å². The third-order valence-electron chi connectivity index (χ3n) is 2.33. The van der Waals surface area contributed by atoms with E-state index in [-0.39, 0.29) is 5.56 Å². The van der Waals surface area contributed by atoms with E-state index in [4.69, 9.17) is 9.52 Å². The van der Waals surface area contributed by atoms with Crippen LogP contribution in [-0.2, 0) is 13.0 Å².